The summed E-state index contributed by atoms with van der Waals surface area (Å²) in [7, 11) is 3.04. The molecule has 0 spiro atoms. The largest absolute Gasteiger partial charge is 0.355 e. The first kappa shape index (κ1) is 15.3. The van der Waals surface area contributed by atoms with Crippen LogP contribution < -0.4 is 22.3 Å². The first-order chi connectivity index (χ1) is 9.76. The average Bonchev–Trinajstić information content (AvgIpc) is 2.85. The second kappa shape index (κ2) is 5.36. The monoisotopic (exact) mass is 294 g/mol. The Balaban J connectivity index is 2.37. The zero-order chi connectivity index (χ0) is 15.8. The van der Waals surface area contributed by atoms with E-state index in [9.17, 15) is 9.59 Å². The first-order valence-electron chi connectivity index (χ1n) is 6.86. The van der Waals surface area contributed by atoms with E-state index in [1.54, 1.807) is 7.05 Å². The van der Waals surface area contributed by atoms with Crippen molar-refractivity contribution in [2.45, 2.75) is 20.3 Å². The number of aromatic nitrogens is 4. The Bertz CT molecular complexity index is 767. The average molecular weight is 294 g/mol. The molecule has 0 radical (unpaired) electrons. The molecule has 0 aliphatic rings. The Morgan fingerprint density at radius 1 is 1.29 bits per heavy atom. The molecule has 0 atom stereocenters. The van der Waals surface area contributed by atoms with Crippen LogP contribution in [0.3, 0.4) is 0 Å². The molecule has 0 amide bonds. The number of rotatable bonds is 5. The van der Waals surface area contributed by atoms with E-state index in [1.807, 2.05) is 0 Å². The fourth-order valence-corrected chi connectivity index (χ4v) is 2.21. The van der Waals surface area contributed by atoms with E-state index in [0.717, 1.165) is 11.0 Å². The SMILES string of the molecule is Cn1c(=O)c2[nH]c(NCC(C)(C)CCN)nc2n(C)c1=O. The standard InChI is InChI=1S/C13H22N6O2/c1-13(2,5-6-14)7-15-11-16-8-9(17-11)18(3)12(21)19(4)10(8)20/h5-7,14H2,1-4H3,(H2,15,16,17). The molecule has 21 heavy (non-hydrogen) atoms. The van der Waals surface area contributed by atoms with Gasteiger partial charge in [-0.05, 0) is 18.4 Å². The molecule has 2 aromatic rings. The van der Waals surface area contributed by atoms with Gasteiger partial charge in [0.15, 0.2) is 11.2 Å². The molecule has 8 heteroatoms. The molecule has 0 aliphatic carbocycles. The summed E-state index contributed by atoms with van der Waals surface area (Å²) in [5.41, 5.74) is 5.50. The zero-order valence-corrected chi connectivity index (χ0v) is 12.9. The highest BCUT2D eigenvalue weighted by Gasteiger charge is 2.18. The Kier molecular flexibility index (Phi) is 3.91. The van der Waals surface area contributed by atoms with E-state index in [1.165, 1.54) is 11.6 Å². The predicted octanol–water partition coefficient (Wildman–Crippen LogP) is -0.253. The van der Waals surface area contributed by atoms with Gasteiger partial charge in [0.2, 0.25) is 5.95 Å². The molecule has 0 aliphatic heterocycles. The molecule has 0 saturated carbocycles. The Morgan fingerprint density at radius 3 is 2.57 bits per heavy atom. The van der Waals surface area contributed by atoms with Gasteiger partial charge in [-0.1, -0.05) is 13.8 Å². The Hall–Kier alpha value is -2.09. The Labute approximate surface area is 122 Å². The zero-order valence-electron chi connectivity index (χ0n) is 12.9. The van der Waals surface area contributed by atoms with E-state index >= 15 is 0 Å². The number of nitrogens with two attached hydrogens (primary N) is 1. The summed E-state index contributed by atoms with van der Waals surface area (Å²) in [4.78, 5) is 31.1. The lowest BCUT2D eigenvalue weighted by Crippen LogP contribution is -2.36. The third-order valence-corrected chi connectivity index (χ3v) is 3.65. The number of imidazole rings is 1. The van der Waals surface area contributed by atoms with Crippen LogP contribution in [-0.2, 0) is 14.1 Å². The maximum Gasteiger partial charge on any atom is 0.332 e. The first-order valence-corrected chi connectivity index (χ1v) is 6.86. The van der Waals surface area contributed by atoms with Gasteiger partial charge in [0.25, 0.3) is 5.56 Å². The van der Waals surface area contributed by atoms with Crippen molar-refractivity contribution < 1.29 is 0 Å². The minimum Gasteiger partial charge on any atom is -0.355 e. The molecular formula is C13H22N6O2. The summed E-state index contributed by atoms with van der Waals surface area (Å²) >= 11 is 0. The van der Waals surface area contributed by atoms with E-state index < -0.39 is 5.69 Å². The molecule has 0 bridgehead atoms. The number of fused-ring (bicyclic) bond motifs is 1. The van der Waals surface area contributed by atoms with Crippen molar-refractivity contribution in [3.8, 4) is 0 Å². The normalized spacial score (nSPS) is 12.0. The number of nitrogens with zero attached hydrogens (tertiary/aromatic N) is 3. The minimum absolute atomic E-state index is 0.0184. The molecule has 0 aromatic carbocycles. The summed E-state index contributed by atoms with van der Waals surface area (Å²) in [6, 6.07) is 0. The second-order valence-corrected chi connectivity index (χ2v) is 6.05. The quantitative estimate of drug-likeness (QED) is 0.704. The van der Waals surface area contributed by atoms with Crippen molar-refractivity contribution in [2.24, 2.45) is 25.2 Å². The van der Waals surface area contributed by atoms with Crippen molar-refractivity contribution in [1.82, 2.24) is 19.1 Å². The highest BCUT2D eigenvalue weighted by molar-refractivity contribution is 5.72. The fraction of sp³-hybridized carbons (Fsp3) is 0.615. The van der Waals surface area contributed by atoms with Gasteiger partial charge < -0.3 is 16.0 Å². The van der Waals surface area contributed by atoms with Gasteiger partial charge in [0.05, 0.1) is 0 Å². The number of H-pyrrole nitrogens is 1. The molecule has 2 aromatic heterocycles. The van der Waals surface area contributed by atoms with Crippen LogP contribution >= 0.6 is 0 Å². The number of aromatic amines is 1. The fourth-order valence-electron chi connectivity index (χ4n) is 2.21. The van der Waals surface area contributed by atoms with E-state index in [4.69, 9.17) is 5.73 Å². The molecule has 2 rings (SSSR count). The maximum absolute atomic E-state index is 12.1. The van der Waals surface area contributed by atoms with E-state index in [0.29, 0.717) is 30.2 Å². The highest BCUT2D eigenvalue weighted by atomic mass is 16.2. The van der Waals surface area contributed by atoms with Crippen LogP contribution in [0.25, 0.3) is 11.2 Å². The summed E-state index contributed by atoms with van der Waals surface area (Å²) in [6.45, 7) is 5.48. The van der Waals surface area contributed by atoms with Crippen LogP contribution in [-0.4, -0.2) is 32.2 Å². The molecule has 0 saturated heterocycles. The Morgan fingerprint density at radius 2 is 1.95 bits per heavy atom. The summed E-state index contributed by atoms with van der Waals surface area (Å²) in [5.74, 6) is 0.480. The van der Waals surface area contributed by atoms with Crippen molar-refractivity contribution in [3.63, 3.8) is 0 Å². The molecule has 0 unspecified atom stereocenters. The number of nitrogens with one attached hydrogen (secondary N) is 2. The van der Waals surface area contributed by atoms with Crippen molar-refractivity contribution >= 4 is 17.1 Å². The lowest BCUT2D eigenvalue weighted by atomic mass is 9.89. The van der Waals surface area contributed by atoms with Gasteiger partial charge >= 0.3 is 5.69 Å². The molecule has 4 N–H and O–H groups in total. The topological polar surface area (TPSA) is 111 Å². The van der Waals surface area contributed by atoms with Gasteiger partial charge in [0, 0.05) is 20.6 Å². The van der Waals surface area contributed by atoms with Crippen LogP contribution in [0.1, 0.15) is 20.3 Å². The lowest BCUT2D eigenvalue weighted by Gasteiger charge is -2.23. The third kappa shape index (κ3) is 2.85. The second-order valence-electron chi connectivity index (χ2n) is 6.05. The maximum atomic E-state index is 12.1. The van der Waals surface area contributed by atoms with Gasteiger partial charge in [-0.3, -0.25) is 13.9 Å². The van der Waals surface area contributed by atoms with Gasteiger partial charge in [-0.2, -0.15) is 4.98 Å². The number of aryl methyl sites for hydroxylation is 1. The smallest absolute Gasteiger partial charge is 0.332 e. The van der Waals surface area contributed by atoms with Crippen molar-refractivity contribution in [3.05, 3.63) is 20.8 Å². The summed E-state index contributed by atoms with van der Waals surface area (Å²) < 4.78 is 2.41. The van der Waals surface area contributed by atoms with E-state index in [-0.39, 0.29) is 11.0 Å². The van der Waals surface area contributed by atoms with Crippen LogP contribution in [0.4, 0.5) is 5.95 Å². The third-order valence-electron chi connectivity index (χ3n) is 3.65. The van der Waals surface area contributed by atoms with Crippen molar-refractivity contribution in [1.29, 1.82) is 0 Å². The van der Waals surface area contributed by atoms with Crippen LogP contribution in [0, 0.1) is 5.41 Å². The van der Waals surface area contributed by atoms with Crippen LogP contribution in [0.5, 0.6) is 0 Å². The molecule has 8 nitrogen and oxygen atoms in total. The molecule has 116 valence electrons. The number of hydrogen-bond acceptors (Lipinski definition) is 5. The molecular weight excluding hydrogens is 272 g/mol. The van der Waals surface area contributed by atoms with E-state index in [2.05, 4.69) is 29.1 Å². The van der Waals surface area contributed by atoms with Gasteiger partial charge in [-0.25, -0.2) is 4.79 Å². The van der Waals surface area contributed by atoms with Crippen LogP contribution in [0.15, 0.2) is 9.59 Å². The number of hydrogen-bond donors (Lipinski definition) is 3. The number of anilines is 1. The molecule has 2 heterocycles. The molecule has 0 fully saturated rings. The summed E-state index contributed by atoms with van der Waals surface area (Å²) in [5, 5.41) is 3.17. The minimum atomic E-state index is -0.394. The van der Waals surface area contributed by atoms with Gasteiger partial charge in [-0.15, -0.1) is 0 Å². The lowest BCUT2D eigenvalue weighted by molar-refractivity contribution is 0.364. The van der Waals surface area contributed by atoms with Crippen LogP contribution in [0.2, 0.25) is 0 Å². The predicted molar refractivity (Wildman–Crippen MR) is 82.5 cm³/mol. The van der Waals surface area contributed by atoms with Crippen molar-refractivity contribution in [2.75, 3.05) is 18.4 Å². The highest BCUT2D eigenvalue weighted by Crippen LogP contribution is 2.20. The summed E-state index contributed by atoms with van der Waals surface area (Å²) in [6.07, 6.45) is 0.875. The van der Waals surface area contributed by atoms with Gasteiger partial charge in [0.1, 0.15) is 0 Å².